The minimum absolute atomic E-state index is 0.0310. The second-order valence-electron chi connectivity index (χ2n) is 9.41. The third kappa shape index (κ3) is 7.13. The molecule has 1 fully saturated rings. The second-order valence-corrected chi connectivity index (χ2v) is 9.84. The highest BCUT2D eigenvalue weighted by Gasteiger charge is 2.18. The average molecular weight is 546 g/mol. The van der Waals surface area contributed by atoms with Crippen molar-refractivity contribution in [1.29, 1.82) is 0 Å². The molecule has 0 aliphatic carbocycles. The van der Waals surface area contributed by atoms with Crippen LogP contribution in [0.2, 0.25) is 5.02 Å². The number of halogens is 1. The lowest BCUT2D eigenvalue weighted by Crippen LogP contribution is -2.40. The molecule has 0 radical (unpaired) electrons. The lowest BCUT2D eigenvalue weighted by molar-refractivity contribution is 0.0303. The Kier molecular flexibility index (Phi) is 8.70. The number of pyridine rings is 1. The summed E-state index contributed by atoms with van der Waals surface area (Å²) in [5, 5.41) is 11.9. The molecule has 0 bridgehead atoms. The summed E-state index contributed by atoms with van der Waals surface area (Å²) in [6, 6.07) is 17.1. The molecule has 0 saturated carbocycles. The van der Waals surface area contributed by atoms with Gasteiger partial charge in [0, 0.05) is 71.5 Å². The van der Waals surface area contributed by atoms with E-state index in [0.717, 1.165) is 53.9 Å². The van der Waals surface area contributed by atoms with E-state index in [1.165, 1.54) is 0 Å². The van der Waals surface area contributed by atoms with Crippen molar-refractivity contribution in [2.45, 2.75) is 19.8 Å². The molecule has 0 atom stereocenters. The number of carbonyl (C=O) groups is 1. The molecule has 202 valence electrons. The van der Waals surface area contributed by atoms with E-state index >= 15 is 0 Å². The van der Waals surface area contributed by atoms with Crippen LogP contribution in [0.5, 0.6) is 0 Å². The SMILES string of the molecule is Cc1cc(Nc2ccc(C(=O)N3CCOCC3)cc2)nc(NCCCCNc2ccnc3cc(Cl)ccc23)n1. The van der Waals surface area contributed by atoms with Gasteiger partial charge in [-0.3, -0.25) is 9.78 Å². The minimum atomic E-state index is 0.0310. The summed E-state index contributed by atoms with van der Waals surface area (Å²) in [7, 11) is 0. The number of nitrogens with one attached hydrogen (secondary N) is 3. The molecule has 1 saturated heterocycles. The molecule has 1 amide bonds. The van der Waals surface area contributed by atoms with E-state index in [9.17, 15) is 4.79 Å². The molecule has 3 N–H and O–H groups in total. The lowest BCUT2D eigenvalue weighted by Gasteiger charge is -2.26. The Morgan fingerprint density at radius 2 is 1.74 bits per heavy atom. The normalized spacial score (nSPS) is 13.3. The van der Waals surface area contributed by atoms with Crippen molar-refractivity contribution in [3.05, 3.63) is 77.1 Å². The number of hydrogen-bond donors (Lipinski definition) is 3. The Labute approximate surface area is 233 Å². The zero-order chi connectivity index (χ0) is 27.0. The van der Waals surface area contributed by atoms with Crippen molar-refractivity contribution in [2.24, 2.45) is 0 Å². The van der Waals surface area contributed by atoms with Gasteiger partial charge in [0.05, 0.1) is 18.7 Å². The number of benzene rings is 2. The quantitative estimate of drug-likeness (QED) is 0.224. The highest BCUT2D eigenvalue weighted by atomic mass is 35.5. The van der Waals surface area contributed by atoms with E-state index in [4.69, 9.17) is 16.3 Å². The van der Waals surface area contributed by atoms with E-state index in [0.29, 0.717) is 48.7 Å². The first kappa shape index (κ1) is 26.6. The van der Waals surface area contributed by atoms with Crippen LogP contribution < -0.4 is 16.0 Å². The molecular formula is C29H32ClN7O2. The molecule has 0 spiro atoms. The summed E-state index contributed by atoms with van der Waals surface area (Å²) >= 11 is 6.09. The van der Waals surface area contributed by atoms with Crippen LogP contribution in [0.4, 0.5) is 23.1 Å². The van der Waals surface area contributed by atoms with Crippen molar-refractivity contribution < 1.29 is 9.53 Å². The van der Waals surface area contributed by atoms with Gasteiger partial charge < -0.3 is 25.6 Å². The topological polar surface area (TPSA) is 104 Å². The molecule has 3 heterocycles. The van der Waals surface area contributed by atoms with Gasteiger partial charge in [-0.1, -0.05) is 11.6 Å². The standard InChI is InChI=1S/C29H32ClN7O2/c1-20-18-27(35-23-7-4-21(5-8-23)28(38)37-14-16-39-17-15-37)36-29(34-20)33-12-3-2-11-31-25-10-13-32-26-19-22(30)6-9-24(25)26/h4-10,13,18-19H,2-3,11-12,14-17H2,1H3,(H,31,32)(H2,33,34,35,36). The number of ether oxygens (including phenoxy) is 1. The second kappa shape index (κ2) is 12.7. The number of unbranched alkanes of at least 4 members (excludes halogenated alkanes) is 1. The molecule has 5 rings (SSSR count). The summed E-state index contributed by atoms with van der Waals surface area (Å²) in [5.74, 6) is 1.31. The first-order valence-corrected chi connectivity index (χ1v) is 13.5. The number of nitrogens with zero attached hydrogens (tertiary/aromatic N) is 4. The Balaban J connectivity index is 1.09. The maximum Gasteiger partial charge on any atom is 0.254 e. The summed E-state index contributed by atoms with van der Waals surface area (Å²) < 4.78 is 5.34. The van der Waals surface area contributed by atoms with Gasteiger partial charge in [-0.25, -0.2) is 4.98 Å². The first-order valence-electron chi connectivity index (χ1n) is 13.2. The Hall–Kier alpha value is -3.95. The highest BCUT2D eigenvalue weighted by Crippen LogP contribution is 2.24. The van der Waals surface area contributed by atoms with Gasteiger partial charge in [-0.2, -0.15) is 4.98 Å². The third-order valence-corrected chi connectivity index (χ3v) is 6.70. The van der Waals surface area contributed by atoms with E-state index in [1.54, 1.807) is 6.20 Å². The zero-order valence-electron chi connectivity index (χ0n) is 21.9. The van der Waals surface area contributed by atoms with Crippen molar-refractivity contribution in [3.63, 3.8) is 0 Å². The number of amides is 1. The van der Waals surface area contributed by atoms with Gasteiger partial charge >= 0.3 is 0 Å². The number of aromatic nitrogens is 3. The molecule has 39 heavy (non-hydrogen) atoms. The number of rotatable bonds is 10. The summed E-state index contributed by atoms with van der Waals surface area (Å²) in [5.41, 5.74) is 4.32. The molecule has 1 aliphatic rings. The largest absolute Gasteiger partial charge is 0.384 e. The third-order valence-electron chi connectivity index (χ3n) is 6.46. The van der Waals surface area contributed by atoms with Gasteiger partial charge in [0.2, 0.25) is 5.95 Å². The van der Waals surface area contributed by atoms with Gasteiger partial charge in [-0.15, -0.1) is 0 Å². The van der Waals surface area contributed by atoms with Gasteiger partial charge in [-0.05, 0) is 68.3 Å². The Bertz CT molecular complexity index is 1430. The maximum atomic E-state index is 12.7. The molecule has 2 aromatic heterocycles. The van der Waals surface area contributed by atoms with Gasteiger partial charge in [0.1, 0.15) is 5.82 Å². The van der Waals surface area contributed by atoms with Crippen LogP contribution >= 0.6 is 11.6 Å². The lowest BCUT2D eigenvalue weighted by atomic mass is 10.1. The predicted molar refractivity (Wildman–Crippen MR) is 156 cm³/mol. The van der Waals surface area contributed by atoms with Crippen molar-refractivity contribution in [2.75, 3.05) is 55.3 Å². The minimum Gasteiger partial charge on any atom is -0.384 e. The molecule has 1 aliphatic heterocycles. The van der Waals surface area contributed by atoms with Crippen LogP contribution in [-0.2, 0) is 4.74 Å². The fraction of sp³-hybridized carbons (Fsp3) is 0.310. The van der Waals surface area contributed by atoms with Crippen LogP contribution in [0.15, 0.2) is 60.8 Å². The number of anilines is 4. The Morgan fingerprint density at radius 3 is 2.54 bits per heavy atom. The summed E-state index contributed by atoms with van der Waals surface area (Å²) in [6.07, 6.45) is 3.74. The van der Waals surface area contributed by atoms with Gasteiger partial charge in [0.25, 0.3) is 5.91 Å². The number of morpholine rings is 1. The fourth-order valence-corrected chi connectivity index (χ4v) is 4.62. The average Bonchev–Trinajstić information content (AvgIpc) is 2.95. The van der Waals surface area contributed by atoms with Crippen LogP contribution in [-0.4, -0.2) is 65.2 Å². The van der Waals surface area contributed by atoms with Crippen LogP contribution in [0.3, 0.4) is 0 Å². The molecule has 2 aromatic carbocycles. The van der Waals surface area contributed by atoms with E-state index in [1.807, 2.05) is 66.4 Å². The highest BCUT2D eigenvalue weighted by molar-refractivity contribution is 6.31. The van der Waals surface area contributed by atoms with Crippen LogP contribution in [0, 0.1) is 6.92 Å². The van der Waals surface area contributed by atoms with Crippen LogP contribution in [0.25, 0.3) is 10.9 Å². The summed E-state index contributed by atoms with van der Waals surface area (Å²) in [6.45, 7) is 5.98. The zero-order valence-corrected chi connectivity index (χ0v) is 22.7. The van der Waals surface area contributed by atoms with Crippen molar-refractivity contribution in [3.8, 4) is 0 Å². The number of hydrogen-bond acceptors (Lipinski definition) is 8. The molecular weight excluding hydrogens is 514 g/mol. The summed E-state index contributed by atoms with van der Waals surface area (Å²) in [4.78, 5) is 28.0. The number of fused-ring (bicyclic) bond motifs is 1. The molecule has 4 aromatic rings. The monoisotopic (exact) mass is 545 g/mol. The first-order chi connectivity index (χ1) is 19.0. The van der Waals surface area contributed by atoms with E-state index in [-0.39, 0.29) is 5.91 Å². The van der Waals surface area contributed by atoms with Crippen molar-refractivity contribution in [1.82, 2.24) is 19.9 Å². The predicted octanol–water partition coefficient (Wildman–Crippen LogP) is 5.51. The van der Waals surface area contributed by atoms with Gasteiger partial charge in [0.15, 0.2) is 0 Å². The molecule has 0 unspecified atom stereocenters. The Morgan fingerprint density at radius 1 is 0.974 bits per heavy atom. The van der Waals surface area contributed by atoms with Crippen LogP contribution in [0.1, 0.15) is 28.9 Å². The number of aryl methyl sites for hydroxylation is 1. The maximum absolute atomic E-state index is 12.7. The van der Waals surface area contributed by atoms with E-state index < -0.39 is 0 Å². The van der Waals surface area contributed by atoms with Crippen molar-refractivity contribution >= 4 is 51.6 Å². The fourth-order valence-electron chi connectivity index (χ4n) is 4.45. The van der Waals surface area contributed by atoms with E-state index in [2.05, 4.69) is 30.9 Å². The smallest absolute Gasteiger partial charge is 0.254 e. The molecule has 9 nitrogen and oxygen atoms in total. The number of carbonyl (C=O) groups excluding carboxylic acids is 1. The molecule has 10 heteroatoms.